The van der Waals surface area contributed by atoms with E-state index >= 15 is 0 Å². The molecule has 2 N–H and O–H groups in total. The van der Waals surface area contributed by atoms with Gasteiger partial charge in [0.25, 0.3) is 11.6 Å². The van der Waals surface area contributed by atoms with E-state index in [9.17, 15) is 19.7 Å². The van der Waals surface area contributed by atoms with Crippen LogP contribution in [0.3, 0.4) is 0 Å². The van der Waals surface area contributed by atoms with Gasteiger partial charge in [0.1, 0.15) is 0 Å². The lowest BCUT2D eigenvalue weighted by molar-refractivity contribution is -0.384. The van der Waals surface area contributed by atoms with Crippen molar-refractivity contribution < 1.29 is 14.5 Å². The lowest BCUT2D eigenvalue weighted by atomic mass is 10.2. The van der Waals surface area contributed by atoms with Gasteiger partial charge >= 0.3 is 0 Å². The average Bonchev–Trinajstić information content (AvgIpc) is 2.74. The van der Waals surface area contributed by atoms with Crippen LogP contribution < -0.4 is 10.6 Å². The molecule has 0 bridgehead atoms. The molecule has 0 fully saturated rings. The van der Waals surface area contributed by atoms with E-state index in [-0.39, 0.29) is 11.6 Å². The molecule has 0 spiro atoms. The number of nitro benzene ring substituents is 1. The highest BCUT2D eigenvalue weighted by Gasteiger charge is 2.07. The summed E-state index contributed by atoms with van der Waals surface area (Å²) in [5.74, 6) is -0.689. The third kappa shape index (κ3) is 5.76. The van der Waals surface area contributed by atoms with Crippen LogP contribution in [0.25, 0.3) is 6.08 Å². The van der Waals surface area contributed by atoms with Gasteiger partial charge < -0.3 is 10.6 Å². The van der Waals surface area contributed by atoms with Gasteiger partial charge in [0.05, 0.1) is 4.92 Å². The third-order valence-corrected chi connectivity index (χ3v) is 4.24. The molecule has 30 heavy (non-hydrogen) atoms. The molecule has 0 saturated carbocycles. The highest BCUT2D eigenvalue weighted by Crippen LogP contribution is 2.17. The van der Waals surface area contributed by atoms with E-state index in [0.29, 0.717) is 27.5 Å². The number of nitrogens with one attached hydrogen (secondary N) is 2. The molecule has 0 saturated heterocycles. The average molecular weight is 422 g/mol. The Morgan fingerprint density at radius 3 is 2.23 bits per heavy atom. The van der Waals surface area contributed by atoms with E-state index < -0.39 is 10.8 Å². The molecule has 3 aromatic rings. The maximum atomic E-state index is 12.2. The van der Waals surface area contributed by atoms with Crippen LogP contribution in [0.5, 0.6) is 0 Å². The van der Waals surface area contributed by atoms with Gasteiger partial charge in [-0.15, -0.1) is 0 Å². The monoisotopic (exact) mass is 421 g/mol. The number of rotatable bonds is 6. The maximum Gasteiger partial charge on any atom is 0.270 e. The predicted molar refractivity (Wildman–Crippen MR) is 117 cm³/mol. The second-order valence-corrected chi connectivity index (χ2v) is 6.65. The van der Waals surface area contributed by atoms with Crippen molar-refractivity contribution in [1.82, 2.24) is 0 Å². The number of nitrogens with zero attached hydrogens (tertiary/aromatic N) is 1. The molecule has 3 rings (SSSR count). The van der Waals surface area contributed by atoms with Crippen molar-refractivity contribution in [2.75, 3.05) is 10.6 Å². The number of halogens is 1. The first-order valence-electron chi connectivity index (χ1n) is 8.81. The Morgan fingerprint density at radius 1 is 0.900 bits per heavy atom. The standard InChI is InChI=1S/C22H16ClN3O4/c23-17-5-2-4-16(14-17)22(28)25-19-10-8-18(9-11-19)24-21(27)12-7-15-3-1-6-20(13-15)26(29)30/h1-14H,(H,24,27)(H,25,28)/b12-7+. The molecule has 7 nitrogen and oxygen atoms in total. The van der Waals surface area contributed by atoms with Crippen molar-refractivity contribution in [1.29, 1.82) is 0 Å². The summed E-state index contributed by atoms with van der Waals surface area (Å²) in [7, 11) is 0. The van der Waals surface area contributed by atoms with Crippen molar-refractivity contribution in [2.45, 2.75) is 0 Å². The SMILES string of the molecule is O=C(/C=C/c1cccc([N+](=O)[O-])c1)Nc1ccc(NC(=O)c2cccc(Cl)c2)cc1. The molecule has 2 amide bonds. The Balaban J connectivity index is 1.58. The van der Waals surface area contributed by atoms with Crippen LogP contribution in [-0.4, -0.2) is 16.7 Å². The molecule has 0 radical (unpaired) electrons. The first-order valence-corrected chi connectivity index (χ1v) is 9.19. The van der Waals surface area contributed by atoms with E-state index in [1.165, 1.54) is 24.3 Å². The molecule has 0 aliphatic rings. The van der Waals surface area contributed by atoms with E-state index in [2.05, 4.69) is 10.6 Å². The molecular weight excluding hydrogens is 406 g/mol. The van der Waals surface area contributed by atoms with Gasteiger partial charge in [0.2, 0.25) is 5.91 Å². The van der Waals surface area contributed by atoms with Crippen molar-refractivity contribution in [3.63, 3.8) is 0 Å². The van der Waals surface area contributed by atoms with Crippen LogP contribution in [0.2, 0.25) is 5.02 Å². The lowest BCUT2D eigenvalue weighted by Gasteiger charge is -2.07. The fourth-order valence-corrected chi connectivity index (χ4v) is 2.76. The number of hydrogen-bond donors (Lipinski definition) is 2. The van der Waals surface area contributed by atoms with E-state index in [0.717, 1.165) is 0 Å². The number of anilines is 2. The fraction of sp³-hybridized carbons (Fsp3) is 0. The van der Waals surface area contributed by atoms with Crippen LogP contribution in [0, 0.1) is 10.1 Å². The van der Waals surface area contributed by atoms with Gasteiger partial charge in [0.15, 0.2) is 0 Å². The zero-order chi connectivity index (χ0) is 21.5. The number of hydrogen-bond acceptors (Lipinski definition) is 4. The van der Waals surface area contributed by atoms with Crippen molar-refractivity contribution in [2.24, 2.45) is 0 Å². The van der Waals surface area contributed by atoms with Crippen molar-refractivity contribution in [3.8, 4) is 0 Å². The molecule has 8 heteroatoms. The summed E-state index contributed by atoms with van der Waals surface area (Å²) in [4.78, 5) is 34.6. The van der Waals surface area contributed by atoms with Gasteiger partial charge in [-0.3, -0.25) is 19.7 Å². The van der Waals surface area contributed by atoms with Gasteiger partial charge in [-0.1, -0.05) is 29.8 Å². The number of carbonyl (C=O) groups is 2. The summed E-state index contributed by atoms with van der Waals surface area (Å²) in [5, 5.41) is 16.7. The molecule has 0 unspecified atom stereocenters. The van der Waals surface area contributed by atoms with E-state index in [1.807, 2.05) is 0 Å². The maximum absolute atomic E-state index is 12.2. The number of amides is 2. The Kier molecular flexibility index (Phi) is 6.56. The Bertz CT molecular complexity index is 1130. The molecule has 150 valence electrons. The zero-order valence-corrected chi connectivity index (χ0v) is 16.3. The highest BCUT2D eigenvalue weighted by atomic mass is 35.5. The molecule has 0 aliphatic heterocycles. The summed E-state index contributed by atoms with van der Waals surface area (Å²) >= 11 is 5.89. The quantitative estimate of drug-likeness (QED) is 0.326. The third-order valence-electron chi connectivity index (χ3n) is 4.01. The van der Waals surface area contributed by atoms with Crippen molar-refractivity contribution in [3.05, 3.63) is 105 Å². The summed E-state index contributed by atoms with van der Waals surface area (Å²) in [5.41, 5.74) is 2.02. The fourth-order valence-electron chi connectivity index (χ4n) is 2.57. The predicted octanol–water partition coefficient (Wildman–Crippen LogP) is 5.15. The Morgan fingerprint density at radius 2 is 1.57 bits per heavy atom. The normalized spacial score (nSPS) is 10.6. The first-order chi connectivity index (χ1) is 14.4. The lowest BCUT2D eigenvalue weighted by Crippen LogP contribution is -2.12. The summed E-state index contributed by atoms with van der Waals surface area (Å²) in [6.45, 7) is 0. The van der Waals surface area contributed by atoms with Gasteiger partial charge in [0, 0.05) is 40.2 Å². The summed E-state index contributed by atoms with van der Waals surface area (Å²) in [6.07, 6.45) is 2.77. The van der Waals surface area contributed by atoms with E-state index in [1.54, 1.807) is 60.7 Å². The number of carbonyl (C=O) groups excluding carboxylic acids is 2. The Hall–Kier alpha value is -3.97. The number of benzene rings is 3. The molecule has 0 heterocycles. The second kappa shape index (κ2) is 9.49. The second-order valence-electron chi connectivity index (χ2n) is 6.22. The van der Waals surface area contributed by atoms with Crippen LogP contribution in [-0.2, 0) is 4.79 Å². The largest absolute Gasteiger partial charge is 0.323 e. The highest BCUT2D eigenvalue weighted by molar-refractivity contribution is 6.31. The smallest absolute Gasteiger partial charge is 0.270 e. The minimum absolute atomic E-state index is 0.0482. The van der Waals surface area contributed by atoms with Crippen LogP contribution in [0.4, 0.5) is 17.1 Å². The van der Waals surface area contributed by atoms with Gasteiger partial charge in [-0.05, 0) is 54.1 Å². The molecule has 0 aliphatic carbocycles. The summed E-state index contributed by atoms with van der Waals surface area (Å²) < 4.78 is 0. The van der Waals surface area contributed by atoms with E-state index in [4.69, 9.17) is 11.6 Å². The molecule has 0 aromatic heterocycles. The number of nitro groups is 1. The summed E-state index contributed by atoms with van der Waals surface area (Å²) in [6, 6.07) is 19.2. The minimum Gasteiger partial charge on any atom is -0.323 e. The van der Waals surface area contributed by atoms with Crippen LogP contribution in [0.15, 0.2) is 78.9 Å². The topological polar surface area (TPSA) is 101 Å². The number of non-ortho nitro benzene ring substituents is 1. The van der Waals surface area contributed by atoms with Crippen LogP contribution in [0.1, 0.15) is 15.9 Å². The zero-order valence-electron chi connectivity index (χ0n) is 15.5. The molecule has 3 aromatic carbocycles. The van der Waals surface area contributed by atoms with Crippen molar-refractivity contribution >= 4 is 46.6 Å². The molecular formula is C22H16ClN3O4. The molecule has 0 atom stereocenters. The van der Waals surface area contributed by atoms with Gasteiger partial charge in [-0.25, -0.2) is 0 Å². The first kappa shape index (κ1) is 20.8. The van der Waals surface area contributed by atoms with Gasteiger partial charge in [-0.2, -0.15) is 0 Å². The Labute approximate surface area is 177 Å². The minimum atomic E-state index is -0.496. The van der Waals surface area contributed by atoms with Crippen LogP contribution >= 0.6 is 11.6 Å².